The van der Waals surface area contributed by atoms with Crippen LogP contribution in [0.2, 0.25) is 0 Å². The molecule has 0 heterocycles. The van der Waals surface area contributed by atoms with Crippen LogP contribution >= 0.6 is 0 Å². The van der Waals surface area contributed by atoms with Gasteiger partial charge in [0.15, 0.2) is 0 Å². The van der Waals surface area contributed by atoms with E-state index >= 15 is 0 Å². The molecule has 3 heteroatoms. The second-order valence-electron chi connectivity index (χ2n) is 0.101. The molecule has 0 aliphatic heterocycles. The van der Waals surface area contributed by atoms with Crippen molar-refractivity contribution in [3.8, 4) is 0 Å². The van der Waals surface area contributed by atoms with Crippen molar-refractivity contribution >= 4 is 0 Å². The van der Waals surface area contributed by atoms with Crippen molar-refractivity contribution < 1.29 is 41.5 Å². The summed E-state index contributed by atoms with van der Waals surface area (Å²) < 4.78 is 19.2. The fourth-order valence-electron chi connectivity index (χ4n) is 0. The van der Waals surface area contributed by atoms with Crippen molar-refractivity contribution in [3.63, 3.8) is 0 Å². The molecule has 0 aliphatic carbocycles. The van der Waals surface area contributed by atoms with Crippen LogP contribution in [0, 0.1) is 0 Å². The van der Waals surface area contributed by atoms with Gasteiger partial charge >= 0.3 is 0 Å². The molecular formula is CH2F2Y. The van der Waals surface area contributed by atoms with Gasteiger partial charge in [0.25, 0.3) is 0 Å². The van der Waals surface area contributed by atoms with Crippen LogP contribution in [-0.2, 0) is 32.7 Å². The van der Waals surface area contributed by atoms with Gasteiger partial charge in [-0.2, -0.15) is 0 Å². The molecular weight excluding hydrogens is 139 g/mol. The van der Waals surface area contributed by atoms with E-state index in [0.29, 0.717) is 0 Å². The van der Waals surface area contributed by atoms with Crippen molar-refractivity contribution in [1.29, 1.82) is 0 Å². The summed E-state index contributed by atoms with van der Waals surface area (Å²) in [6.45, 7) is -1.75. The molecule has 0 atom stereocenters. The van der Waals surface area contributed by atoms with E-state index in [1.165, 1.54) is 0 Å². The summed E-state index contributed by atoms with van der Waals surface area (Å²) in [5, 5.41) is 0. The number of halogens is 2. The average molecular weight is 141 g/mol. The molecule has 0 unspecified atom stereocenters. The predicted octanol–water partition coefficient (Wildman–Crippen LogP) is 0.880. The molecule has 1 radical (unpaired) electrons. The molecule has 0 spiro atoms. The van der Waals surface area contributed by atoms with Gasteiger partial charge in [-0.1, -0.05) is 0 Å². The van der Waals surface area contributed by atoms with Gasteiger partial charge in [0.05, 0.1) is 0 Å². The Labute approximate surface area is 48.5 Å². The van der Waals surface area contributed by atoms with Crippen LogP contribution in [0.25, 0.3) is 0 Å². The minimum atomic E-state index is -1.75. The van der Waals surface area contributed by atoms with Gasteiger partial charge in [-0.05, 0) is 0 Å². The van der Waals surface area contributed by atoms with E-state index in [0.717, 1.165) is 0 Å². The standard InChI is InChI=1S/CH2F2.Y/c2-1-3;/h1H2;. The normalized spacial score (nSPS) is 4.50. The van der Waals surface area contributed by atoms with E-state index in [9.17, 15) is 8.78 Å². The quantitative estimate of drug-likeness (QED) is 0.469. The molecule has 0 amide bonds. The van der Waals surface area contributed by atoms with Crippen LogP contribution in [0.5, 0.6) is 0 Å². The van der Waals surface area contributed by atoms with Crippen molar-refractivity contribution in [3.05, 3.63) is 0 Å². The topological polar surface area (TPSA) is 0 Å². The third-order valence-corrected chi connectivity index (χ3v) is 0. The predicted molar refractivity (Wildman–Crippen MR) is 7.08 cm³/mol. The van der Waals surface area contributed by atoms with Gasteiger partial charge in [-0.15, -0.1) is 0 Å². The Morgan fingerprint density at radius 2 is 1.25 bits per heavy atom. The van der Waals surface area contributed by atoms with Crippen LogP contribution in [0.15, 0.2) is 0 Å². The van der Waals surface area contributed by atoms with Gasteiger partial charge in [0.1, 0.15) is 0 Å². The molecule has 0 fully saturated rings. The monoisotopic (exact) mass is 141 g/mol. The molecule has 0 bridgehead atoms. The number of hydrogen-bond donors (Lipinski definition) is 0. The molecule has 0 aromatic rings. The van der Waals surface area contributed by atoms with Crippen LogP contribution in [0.4, 0.5) is 8.78 Å². The van der Waals surface area contributed by atoms with Gasteiger partial charge in [-0.3, -0.25) is 0 Å². The maximum atomic E-state index is 9.62. The maximum absolute atomic E-state index is 9.62. The summed E-state index contributed by atoms with van der Waals surface area (Å²) in [4.78, 5) is 0. The Bertz CT molecular complexity index is 6.00. The number of hydrogen-bond acceptors (Lipinski definition) is 0. The van der Waals surface area contributed by atoms with Crippen molar-refractivity contribution in [2.24, 2.45) is 0 Å². The van der Waals surface area contributed by atoms with Gasteiger partial charge in [0, 0.05) is 32.7 Å². The SMILES string of the molecule is FCF.[Y]. The van der Waals surface area contributed by atoms with Crippen LogP contribution in [0.1, 0.15) is 0 Å². The van der Waals surface area contributed by atoms with Gasteiger partial charge in [0.2, 0.25) is 6.93 Å². The molecule has 23 valence electrons. The average Bonchev–Trinajstić information content (AvgIpc) is 0.918. The van der Waals surface area contributed by atoms with Crippen molar-refractivity contribution in [2.45, 2.75) is 0 Å². The summed E-state index contributed by atoms with van der Waals surface area (Å²) in [5.41, 5.74) is 0. The number of rotatable bonds is 0. The minimum Gasteiger partial charge on any atom is -0.214 e. The zero-order valence-electron chi connectivity index (χ0n) is 2.04. The Balaban J connectivity index is 0. The van der Waals surface area contributed by atoms with E-state index in [1.54, 1.807) is 0 Å². The molecule has 0 saturated heterocycles. The first kappa shape index (κ1) is 8.88. The minimum absolute atomic E-state index is 0. The Morgan fingerprint density at radius 1 is 1.25 bits per heavy atom. The van der Waals surface area contributed by atoms with E-state index < -0.39 is 6.93 Å². The van der Waals surface area contributed by atoms with Crippen LogP contribution in [-0.4, -0.2) is 6.93 Å². The summed E-state index contributed by atoms with van der Waals surface area (Å²) in [6.07, 6.45) is 0. The van der Waals surface area contributed by atoms with E-state index in [4.69, 9.17) is 0 Å². The Morgan fingerprint density at radius 3 is 1.25 bits per heavy atom. The Hall–Kier alpha value is 0.964. The third kappa shape index (κ3) is 12.3. The maximum Gasteiger partial charge on any atom is 0.229 e. The smallest absolute Gasteiger partial charge is 0.214 e. The van der Waals surface area contributed by atoms with E-state index in [2.05, 4.69) is 0 Å². The summed E-state index contributed by atoms with van der Waals surface area (Å²) in [7, 11) is 0. The zero-order valence-corrected chi connectivity index (χ0v) is 4.88. The molecule has 0 rings (SSSR count). The first-order chi connectivity index (χ1) is 1.41. The van der Waals surface area contributed by atoms with Crippen molar-refractivity contribution in [2.75, 3.05) is 6.93 Å². The van der Waals surface area contributed by atoms with Gasteiger partial charge < -0.3 is 0 Å². The summed E-state index contributed by atoms with van der Waals surface area (Å²) in [5.74, 6) is 0. The van der Waals surface area contributed by atoms with E-state index in [-0.39, 0.29) is 32.7 Å². The molecule has 0 saturated carbocycles. The molecule has 0 nitrogen and oxygen atoms in total. The fraction of sp³-hybridized carbons (Fsp3) is 1.00. The van der Waals surface area contributed by atoms with Crippen molar-refractivity contribution in [1.82, 2.24) is 0 Å². The van der Waals surface area contributed by atoms with E-state index in [1.807, 2.05) is 0 Å². The molecule has 0 aromatic heterocycles. The molecule has 4 heavy (non-hydrogen) atoms. The first-order valence-corrected chi connectivity index (χ1v) is 0.535. The Kier molecular flexibility index (Phi) is 20.0. The largest absolute Gasteiger partial charge is 0.229 e. The molecule has 0 N–H and O–H groups in total. The third-order valence-electron chi connectivity index (χ3n) is 0. The first-order valence-electron chi connectivity index (χ1n) is 0.535. The summed E-state index contributed by atoms with van der Waals surface area (Å²) >= 11 is 0. The second-order valence-corrected chi connectivity index (χ2v) is 0.101. The van der Waals surface area contributed by atoms with Crippen LogP contribution < -0.4 is 0 Å². The fourth-order valence-corrected chi connectivity index (χ4v) is 0. The molecule has 0 aliphatic rings. The van der Waals surface area contributed by atoms with Crippen LogP contribution in [0.3, 0.4) is 0 Å². The number of alkyl halides is 2. The zero-order chi connectivity index (χ0) is 2.71. The summed E-state index contributed by atoms with van der Waals surface area (Å²) in [6, 6.07) is 0. The van der Waals surface area contributed by atoms with Gasteiger partial charge in [-0.25, -0.2) is 8.78 Å². The second kappa shape index (κ2) is 9.03. The molecule has 0 aromatic carbocycles.